The molecule has 7 heteroatoms. The van der Waals surface area contributed by atoms with Crippen molar-refractivity contribution in [3.63, 3.8) is 0 Å². The molecule has 1 atom stereocenters. The molecule has 0 aliphatic rings. The van der Waals surface area contributed by atoms with Gasteiger partial charge in [-0.05, 0) is 32.0 Å². The van der Waals surface area contributed by atoms with E-state index in [0.29, 0.717) is 5.76 Å². The molecule has 122 valence electrons. The Balaban J connectivity index is 2.11. The molecule has 2 amide bonds. The summed E-state index contributed by atoms with van der Waals surface area (Å²) < 4.78 is 7.22. The van der Waals surface area contributed by atoms with Crippen LogP contribution in [0.5, 0.6) is 0 Å². The largest absolute Gasteiger partial charge is 0.467 e. The number of carbonyl (C=O) groups excluding carboxylic acids is 2. The molecule has 0 bridgehead atoms. The molecule has 23 heavy (non-hydrogen) atoms. The van der Waals surface area contributed by atoms with Crippen LogP contribution in [0.3, 0.4) is 0 Å². The van der Waals surface area contributed by atoms with E-state index in [1.165, 1.54) is 6.08 Å². The standard InChI is InChI=1S/C16H20N4O3/c1-4-7-17-15(21)16(22)18-10-13(14-6-5-8-23-14)20-12(3)9-11(2)19-20/h4-6,8-9,13H,1,7,10H2,2-3H3,(H,17,21)(H,18,22). The molecule has 0 fully saturated rings. The van der Waals surface area contributed by atoms with Crippen molar-refractivity contribution in [1.29, 1.82) is 0 Å². The maximum absolute atomic E-state index is 11.8. The van der Waals surface area contributed by atoms with Crippen molar-refractivity contribution in [2.75, 3.05) is 13.1 Å². The maximum atomic E-state index is 11.8. The molecule has 0 saturated carbocycles. The van der Waals surface area contributed by atoms with Crippen LogP contribution in [0.1, 0.15) is 23.2 Å². The summed E-state index contributed by atoms with van der Waals surface area (Å²) in [5, 5.41) is 9.47. The fraction of sp³-hybridized carbons (Fsp3) is 0.312. The first-order valence-corrected chi connectivity index (χ1v) is 7.26. The molecule has 2 heterocycles. The minimum Gasteiger partial charge on any atom is -0.467 e. The van der Waals surface area contributed by atoms with E-state index in [1.807, 2.05) is 26.0 Å². The number of carbonyl (C=O) groups is 2. The number of nitrogens with zero attached hydrogens (tertiary/aromatic N) is 2. The van der Waals surface area contributed by atoms with Crippen LogP contribution >= 0.6 is 0 Å². The van der Waals surface area contributed by atoms with Gasteiger partial charge in [0.15, 0.2) is 0 Å². The summed E-state index contributed by atoms with van der Waals surface area (Å²) in [5.74, 6) is -0.746. The number of furan rings is 1. The van der Waals surface area contributed by atoms with Gasteiger partial charge < -0.3 is 15.1 Å². The second kappa shape index (κ2) is 7.44. The Morgan fingerprint density at radius 1 is 1.39 bits per heavy atom. The van der Waals surface area contributed by atoms with Crippen molar-refractivity contribution in [3.8, 4) is 0 Å². The third-order valence-electron chi connectivity index (χ3n) is 3.28. The highest BCUT2D eigenvalue weighted by atomic mass is 16.3. The zero-order chi connectivity index (χ0) is 16.8. The summed E-state index contributed by atoms with van der Waals surface area (Å²) in [7, 11) is 0. The highest BCUT2D eigenvalue weighted by Gasteiger charge is 2.22. The Morgan fingerprint density at radius 3 is 2.70 bits per heavy atom. The van der Waals surface area contributed by atoms with Crippen LogP contribution in [0, 0.1) is 13.8 Å². The summed E-state index contributed by atoms with van der Waals surface area (Å²) in [6.07, 6.45) is 3.07. The van der Waals surface area contributed by atoms with Gasteiger partial charge in [-0.3, -0.25) is 14.3 Å². The quantitative estimate of drug-likeness (QED) is 0.617. The molecule has 0 spiro atoms. The average molecular weight is 316 g/mol. The van der Waals surface area contributed by atoms with Crippen molar-refractivity contribution in [3.05, 3.63) is 54.3 Å². The Kier molecular flexibility index (Phi) is 5.35. The topological polar surface area (TPSA) is 89.2 Å². The summed E-state index contributed by atoms with van der Waals surface area (Å²) in [6, 6.07) is 5.20. The number of aryl methyl sites for hydroxylation is 2. The number of rotatable bonds is 6. The van der Waals surface area contributed by atoms with Crippen LogP contribution < -0.4 is 10.6 Å². The fourth-order valence-electron chi connectivity index (χ4n) is 2.26. The molecule has 1 unspecified atom stereocenters. The van der Waals surface area contributed by atoms with Crippen LogP contribution in [0.25, 0.3) is 0 Å². The van der Waals surface area contributed by atoms with E-state index in [0.717, 1.165) is 11.4 Å². The molecule has 0 radical (unpaired) electrons. The van der Waals surface area contributed by atoms with Crippen molar-refractivity contribution in [1.82, 2.24) is 20.4 Å². The molecule has 2 aromatic heterocycles. The van der Waals surface area contributed by atoms with Crippen molar-refractivity contribution in [2.45, 2.75) is 19.9 Å². The lowest BCUT2D eigenvalue weighted by atomic mass is 10.2. The van der Waals surface area contributed by atoms with Gasteiger partial charge in [-0.2, -0.15) is 5.10 Å². The van der Waals surface area contributed by atoms with E-state index in [1.54, 1.807) is 17.0 Å². The van der Waals surface area contributed by atoms with Crippen molar-refractivity contribution in [2.24, 2.45) is 0 Å². The molecule has 2 N–H and O–H groups in total. The summed E-state index contributed by atoms with van der Waals surface area (Å²) in [5.41, 5.74) is 1.81. The summed E-state index contributed by atoms with van der Waals surface area (Å²) in [4.78, 5) is 23.4. The van der Waals surface area contributed by atoms with Gasteiger partial charge in [0.05, 0.1) is 12.0 Å². The highest BCUT2D eigenvalue weighted by Crippen LogP contribution is 2.20. The van der Waals surface area contributed by atoms with E-state index in [9.17, 15) is 9.59 Å². The smallest absolute Gasteiger partial charge is 0.309 e. The van der Waals surface area contributed by atoms with Crippen molar-refractivity contribution >= 4 is 11.8 Å². The molecular formula is C16H20N4O3. The lowest BCUT2D eigenvalue weighted by molar-refractivity contribution is -0.139. The van der Waals surface area contributed by atoms with Gasteiger partial charge in [-0.1, -0.05) is 6.08 Å². The normalized spacial score (nSPS) is 11.7. The third kappa shape index (κ3) is 4.09. The zero-order valence-corrected chi connectivity index (χ0v) is 13.2. The molecule has 2 rings (SSSR count). The molecule has 0 aliphatic carbocycles. The molecular weight excluding hydrogens is 296 g/mol. The van der Waals surface area contributed by atoms with Gasteiger partial charge in [0.2, 0.25) is 0 Å². The second-order valence-corrected chi connectivity index (χ2v) is 5.11. The van der Waals surface area contributed by atoms with Gasteiger partial charge in [0.1, 0.15) is 11.8 Å². The highest BCUT2D eigenvalue weighted by molar-refractivity contribution is 6.35. The van der Waals surface area contributed by atoms with Crippen LogP contribution in [-0.2, 0) is 9.59 Å². The zero-order valence-electron chi connectivity index (χ0n) is 13.2. The molecule has 7 nitrogen and oxygen atoms in total. The second-order valence-electron chi connectivity index (χ2n) is 5.11. The van der Waals surface area contributed by atoms with E-state index in [4.69, 9.17) is 4.42 Å². The Morgan fingerprint density at radius 2 is 2.13 bits per heavy atom. The van der Waals surface area contributed by atoms with Gasteiger partial charge in [0.25, 0.3) is 0 Å². The predicted octanol–water partition coefficient (Wildman–Crippen LogP) is 1.10. The Bertz CT molecular complexity index is 688. The van der Waals surface area contributed by atoms with Gasteiger partial charge >= 0.3 is 11.8 Å². The average Bonchev–Trinajstić information content (AvgIpc) is 3.15. The van der Waals surface area contributed by atoms with Crippen LogP contribution in [-0.4, -0.2) is 34.7 Å². The summed E-state index contributed by atoms with van der Waals surface area (Å²) in [6.45, 7) is 7.73. The van der Waals surface area contributed by atoms with E-state index in [2.05, 4.69) is 22.3 Å². The minimum absolute atomic E-state index is 0.190. The molecule has 2 aromatic rings. The van der Waals surface area contributed by atoms with Gasteiger partial charge in [-0.15, -0.1) is 6.58 Å². The number of nitrogens with one attached hydrogen (secondary N) is 2. The minimum atomic E-state index is -0.704. The van der Waals surface area contributed by atoms with E-state index < -0.39 is 11.8 Å². The number of amides is 2. The first-order valence-electron chi connectivity index (χ1n) is 7.26. The Hall–Kier alpha value is -2.83. The molecule has 0 aliphatic heterocycles. The Labute approximate surface area is 134 Å². The van der Waals surface area contributed by atoms with E-state index >= 15 is 0 Å². The van der Waals surface area contributed by atoms with Crippen molar-refractivity contribution < 1.29 is 14.0 Å². The first kappa shape index (κ1) is 16.5. The number of hydrogen-bond acceptors (Lipinski definition) is 4. The van der Waals surface area contributed by atoms with Crippen LogP contribution in [0.4, 0.5) is 0 Å². The first-order chi connectivity index (χ1) is 11.0. The maximum Gasteiger partial charge on any atom is 0.309 e. The molecule has 0 saturated heterocycles. The van der Waals surface area contributed by atoms with Crippen LogP contribution in [0.2, 0.25) is 0 Å². The van der Waals surface area contributed by atoms with Crippen LogP contribution in [0.15, 0.2) is 41.5 Å². The van der Waals surface area contributed by atoms with Gasteiger partial charge in [0, 0.05) is 18.8 Å². The third-order valence-corrected chi connectivity index (χ3v) is 3.28. The number of aromatic nitrogens is 2. The molecule has 0 aromatic carbocycles. The lowest BCUT2D eigenvalue weighted by Gasteiger charge is -2.17. The lowest BCUT2D eigenvalue weighted by Crippen LogP contribution is -2.42. The number of hydrogen-bond donors (Lipinski definition) is 2. The SMILES string of the molecule is C=CCNC(=O)C(=O)NCC(c1ccco1)n1nc(C)cc1C. The fourth-order valence-corrected chi connectivity index (χ4v) is 2.26. The van der Waals surface area contributed by atoms with Gasteiger partial charge in [-0.25, -0.2) is 0 Å². The monoisotopic (exact) mass is 316 g/mol. The summed E-state index contributed by atoms with van der Waals surface area (Å²) >= 11 is 0. The predicted molar refractivity (Wildman–Crippen MR) is 84.8 cm³/mol. The van der Waals surface area contributed by atoms with E-state index in [-0.39, 0.29) is 19.1 Å².